The first-order valence-corrected chi connectivity index (χ1v) is 6.08. The molecule has 0 amide bonds. The summed E-state index contributed by atoms with van der Waals surface area (Å²) in [7, 11) is 0.565. The summed E-state index contributed by atoms with van der Waals surface area (Å²) < 4.78 is 0. The van der Waals surface area contributed by atoms with Crippen molar-refractivity contribution < 1.29 is 0 Å². The molecular weight excluding hydrogens is 164 g/mol. The van der Waals surface area contributed by atoms with Crippen molar-refractivity contribution in [2.75, 3.05) is 5.75 Å². The van der Waals surface area contributed by atoms with Gasteiger partial charge in [0.15, 0.2) is 4.90 Å². The molecule has 1 aromatic carbocycles. The average molecular weight is 179 g/mol. The van der Waals surface area contributed by atoms with Crippen molar-refractivity contribution in [3.05, 3.63) is 30.3 Å². The van der Waals surface area contributed by atoms with Crippen molar-refractivity contribution in [2.45, 2.75) is 29.9 Å². The number of hydrogen-bond donors (Lipinski definition) is 0. The van der Waals surface area contributed by atoms with Crippen molar-refractivity contribution in [2.24, 2.45) is 0 Å². The smallest absolute Gasteiger partial charge is 0.0619 e. The highest BCUT2D eigenvalue weighted by atomic mass is 32.2. The molecule has 1 aliphatic heterocycles. The topological polar surface area (TPSA) is 0 Å². The minimum atomic E-state index is 0.565. The van der Waals surface area contributed by atoms with Gasteiger partial charge in [-0.15, -0.1) is 0 Å². The lowest BCUT2D eigenvalue weighted by Gasteiger charge is -2.04. The van der Waals surface area contributed by atoms with Gasteiger partial charge in [0, 0.05) is 10.9 Å². The molecule has 1 aliphatic rings. The first-order valence-electron chi connectivity index (χ1n) is 4.62. The molecule has 1 heteroatoms. The quantitative estimate of drug-likeness (QED) is 0.582. The molecule has 1 fully saturated rings. The Labute approximate surface area is 77.3 Å². The lowest BCUT2D eigenvalue weighted by atomic mass is 10.3. The van der Waals surface area contributed by atoms with Gasteiger partial charge in [-0.25, -0.2) is 0 Å². The minimum absolute atomic E-state index is 0.565. The van der Waals surface area contributed by atoms with Crippen LogP contribution in [0.4, 0.5) is 0 Å². The van der Waals surface area contributed by atoms with Gasteiger partial charge in [-0.1, -0.05) is 18.2 Å². The van der Waals surface area contributed by atoms with Gasteiger partial charge in [0.25, 0.3) is 0 Å². The maximum Gasteiger partial charge on any atom is 0.155 e. The van der Waals surface area contributed by atoms with Crippen LogP contribution in [0, 0.1) is 0 Å². The second-order valence-corrected chi connectivity index (χ2v) is 5.94. The molecular formula is C11H15S+. The van der Waals surface area contributed by atoms with Crippen molar-refractivity contribution in [3.63, 3.8) is 0 Å². The van der Waals surface area contributed by atoms with E-state index >= 15 is 0 Å². The molecule has 0 saturated carbocycles. The van der Waals surface area contributed by atoms with Gasteiger partial charge in [0.1, 0.15) is 11.0 Å². The Morgan fingerprint density at radius 2 is 2.00 bits per heavy atom. The molecule has 1 unspecified atom stereocenters. The summed E-state index contributed by atoms with van der Waals surface area (Å²) in [6.45, 7) is 2.39. The fraction of sp³-hybridized carbons (Fsp3) is 0.455. The van der Waals surface area contributed by atoms with E-state index < -0.39 is 0 Å². The Morgan fingerprint density at radius 1 is 1.25 bits per heavy atom. The molecule has 1 saturated heterocycles. The van der Waals surface area contributed by atoms with Gasteiger partial charge in [0.05, 0.1) is 0 Å². The van der Waals surface area contributed by atoms with E-state index in [4.69, 9.17) is 0 Å². The Kier molecular flexibility index (Phi) is 2.40. The lowest BCUT2D eigenvalue weighted by molar-refractivity contribution is 0.836. The first kappa shape index (κ1) is 8.18. The normalized spacial score (nSPS) is 29.1. The van der Waals surface area contributed by atoms with Crippen molar-refractivity contribution in [1.29, 1.82) is 0 Å². The van der Waals surface area contributed by atoms with Crippen molar-refractivity contribution in [3.8, 4) is 0 Å². The third kappa shape index (κ3) is 1.51. The van der Waals surface area contributed by atoms with E-state index in [-0.39, 0.29) is 0 Å². The predicted octanol–water partition coefficient (Wildman–Crippen LogP) is 2.85. The van der Waals surface area contributed by atoms with E-state index in [2.05, 4.69) is 37.3 Å². The summed E-state index contributed by atoms with van der Waals surface area (Å²) in [4.78, 5) is 1.57. The largest absolute Gasteiger partial charge is 0.155 e. The number of benzene rings is 1. The number of hydrogen-bond acceptors (Lipinski definition) is 0. The fourth-order valence-electron chi connectivity index (χ4n) is 1.82. The molecule has 0 nitrogen and oxygen atoms in total. The van der Waals surface area contributed by atoms with Crippen molar-refractivity contribution >= 4 is 10.9 Å². The van der Waals surface area contributed by atoms with Crippen LogP contribution in [0.5, 0.6) is 0 Å². The van der Waals surface area contributed by atoms with E-state index in [1.165, 1.54) is 18.6 Å². The molecule has 0 N–H and O–H groups in total. The van der Waals surface area contributed by atoms with Crippen LogP contribution in [0.1, 0.15) is 19.8 Å². The summed E-state index contributed by atoms with van der Waals surface area (Å²) in [5, 5.41) is 0.924. The highest BCUT2D eigenvalue weighted by molar-refractivity contribution is 7.97. The second kappa shape index (κ2) is 3.53. The molecule has 2 atom stereocenters. The van der Waals surface area contributed by atoms with E-state index in [0.717, 1.165) is 5.25 Å². The molecule has 0 aliphatic carbocycles. The van der Waals surface area contributed by atoms with Crippen LogP contribution in [-0.4, -0.2) is 11.0 Å². The molecule has 1 heterocycles. The predicted molar refractivity (Wildman–Crippen MR) is 55.6 cm³/mol. The van der Waals surface area contributed by atoms with Crippen LogP contribution < -0.4 is 0 Å². The van der Waals surface area contributed by atoms with Gasteiger partial charge in [-0.3, -0.25) is 0 Å². The SMILES string of the molecule is C[C@H]1CCC[S+]1c1ccccc1. The minimum Gasteiger partial charge on any atom is -0.0619 e. The Balaban J connectivity index is 2.19. The van der Waals surface area contributed by atoms with Gasteiger partial charge in [0.2, 0.25) is 0 Å². The highest BCUT2D eigenvalue weighted by Crippen LogP contribution is 2.28. The molecule has 0 radical (unpaired) electrons. The molecule has 64 valence electrons. The molecule has 2 rings (SSSR count). The first-order chi connectivity index (χ1) is 5.88. The summed E-state index contributed by atoms with van der Waals surface area (Å²) in [6, 6.07) is 11.0. The molecule has 0 spiro atoms. The Bertz CT molecular complexity index is 242. The summed E-state index contributed by atoms with van der Waals surface area (Å²) in [6.07, 6.45) is 2.86. The van der Waals surface area contributed by atoms with E-state index in [1.54, 1.807) is 4.90 Å². The van der Waals surface area contributed by atoms with E-state index in [1.807, 2.05) is 0 Å². The Hall–Kier alpha value is -0.430. The van der Waals surface area contributed by atoms with E-state index in [9.17, 15) is 0 Å². The zero-order valence-electron chi connectivity index (χ0n) is 7.49. The van der Waals surface area contributed by atoms with Crippen LogP contribution in [0.15, 0.2) is 35.2 Å². The second-order valence-electron chi connectivity index (χ2n) is 3.40. The van der Waals surface area contributed by atoms with Crippen LogP contribution in [0.3, 0.4) is 0 Å². The third-order valence-electron chi connectivity index (χ3n) is 2.51. The van der Waals surface area contributed by atoms with Crippen LogP contribution in [0.2, 0.25) is 0 Å². The summed E-state index contributed by atoms with van der Waals surface area (Å²) >= 11 is 0. The van der Waals surface area contributed by atoms with Crippen LogP contribution in [0.25, 0.3) is 0 Å². The van der Waals surface area contributed by atoms with Gasteiger partial charge in [-0.05, 0) is 31.9 Å². The maximum atomic E-state index is 2.39. The lowest BCUT2D eigenvalue weighted by Crippen LogP contribution is -2.12. The molecule has 12 heavy (non-hydrogen) atoms. The van der Waals surface area contributed by atoms with E-state index in [0.29, 0.717) is 10.9 Å². The van der Waals surface area contributed by atoms with Gasteiger partial charge >= 0.3 is 0 Å². The average Bonchev–Trinajstić information content (AvgIpc) is 2.53. The molecule has 0 aromatic heterocycles. The third-order valence-corrected chi connectivity index (χ3v) is 5.32. The maximum absolute atomic E-state index is 2.39. The van der Waals surface area contributed by atoms with Crippen LogP contribution >= 0.6 is 0 Å². The standard InChI is InChI=1S/C11H15S/c1-10-6-5-9-12(10)11-7-3-2-4-8-11/h2-4,7-8,10H,5-6,9H2,1H3/q+1/t10-,12?/m0/s1. The zero-order chi connectivity index (χ0) is 8.39. The molecule has 0 bridgehead atoms. The molecule has 1 aromatic rings. The van der Waals surface area contributed by atoms with Crippen molar-refractivity contribution in [1.82, 2.24) is 0 Å². The summed E-state index contributed by atoms with van der Waals surface area (Å²) in [5.41, 5.74) is 0. The zero-order valence-corrected chi connectivity index (χ0v) is 8.31. The summed E-state index contributed by atoms with van der Waals surface area (Å²) in [5.74, 6) is 1.42. The number of rotatable bonds is 1. The fourth-order valence-corrected chi connectivity index (χ4v) is 4.35. The van der Waals surface area contributed by atoms with Crippen LogP contribution in [-0.2, 0) is 10.9 Å². The highest BCUT2D eigenvalue weighted by Gasteiger charge is 2.34. The van der Waals surface area contributed by atoms with Gasteiger partial charge in [-0.2, -0.15) is 0 Å². The Morgan fingerprint density at radius 3 is 2.58 bits per heavy atom. The monoisotopic (exact) mass is 179 g/mol. The van der Waals surface area contributed by atoms with Gasteiger partial charge < -0.3 is 0 Å².